The quantitative estimate of drug-likeness (QED) is 0.425. The van der Waals surface area contributed by atoms with Crippen molar-refractivity contribution in [1.29, 1.82) is 0 Å². The molecule has 4 fully saturated rings. The van der Waals surface area contributed by atoms with E-state index < -0.39 is 18.3 Å². The van der Waals surface area contributed by atoms with Crippen molar-refractivity contribution in [3.63, 3.8) is 0 Å². The van der Waals surface area contributed by atoms with Gasteiger partial charge in [0, 0.05) is 6.61 Å². The first-order valence-corrected chi connectivity index (χ1v) is 13.4. The van der Waals surface area contributed by atoms with Gasteiger partial charge in [-0.15, -0.1) is 0 Å². The van der Waals surface area contributed by atoms with Gasteiger partial charge >= 0.3 is 0 Å². The molecule has 0 amide bonds. The Labute approximate surface area is 194 Å². The molecule has 0 heterocycles. The lowest BCUT2D eigenvalue weighted by Gasteiger charge is -2.62. The molecule has 0 saturated heterocycles. The monoisotopic (exact) mass is 452 g/mol. The van der Waals surface area contributed by atoms with Crippen LogP contribution in [0.3, 0.4) is 0 Å². The summed E-state index contributed by atoms with van der Waals surface area (Å²) in [5.74, 6) is 1.55. The summed E-state index contributed by atoms with van der Waals surface area (Å²) in [4.78, 5) is 0. The van der Waals surface area contributed by atoms with Crippen molar-refractivity contribution >= 4 is 0 Å². The lowest BCUT2D eigenvalue weighted by Crippen LogP contribution is -2.59. The molecule has 5 heteroatoms. The van der Waals surface area contributed by atoms with Gasteiger partial charge in [0.15, 0.2) is 0 Å². The molecular weight excluding hydrogens is 404 g/mol. The molecule has 4 aliphatic carbocycles. The first-order chi connectivity index (χ1) is 15.0. The van der Waals surface area contributed by atoms with Crippen molar-refractivity contribution in [2.45, 2.75) is 110 Å². The Bertz CT molecular complexity index is 656. The highest BCUT2D eigenvalue weighted by molar-refractivity contribution is 5.15. The standard InChI is InChI=1S/C27H48O5/c1-15(14-28)6-5-7-16(2)22-24(31)25(32)23-18-13-21(30)20-12-17(29)8-10-26(20,3)19(18)9-11-27(22,23)4/h15-25,28-32H,5-14H2,1-4H3. The van der Waals surface area contributed by atoms with Gasteiger partial charge in [0.05, 0.1) is 24.4 Å². The number of aliphatic hydroxyl groups excluding tert-OH is 5. The zero-order valence-corrected chi connectivity index (χ0v) is 20.7. The summed E-state index contributed by atoms with van der Waals surface area (Å²) < 4.78 is 0. The minimum atomic E-state index is -0.724. The second kappa shape index (κ2) is 9.11. The van der Waals surface area contributed by atoms with E-state index in [2.05, 4.69) is 27.7 Å². The summed E-state index contributed by atoms with van der Waals surface area (Å²) in [6.45, 7) is 9.16. The third kappa shape index (κ3) is 3.88. The number of aliphatic hydroxyl groups is 5. The zero-order chi connectivity index (χ0) is 23.4. The average Bonchev–Trinajstić information content (AvgIpc) is 2.94. The van der Waals surface area contributed by atoms with Crippen LogP contribution in [-0.4, -0.2) is 56.6 Å². The van der Waals surface area contributed by atoms with Gasteiger partial charge < -0.3 is 25.5 Å². The van der Waals surface area contributed by atoms with Gasteiger partial charge in [0.2, 0.25) is 0 Å². The minimum absolute atomic E-state index is 0.0116. The maximum atomic E-state index is 11.4. The van der Waals surface area contributed by atoms with Crippen molar-refractivity contribution in [3.8, 4) is 0 Å². The number of fused-ring (bicyclic) bond motifs is 5. The van der Waals surface area contributed by atoms with E-state index in [-0.39, 0.29) is 47.2 Å². The van der Waals surface area contributed by atoms with Crippen LogP contribution in [-0.2, 0) is 0 Å². The predicted octanol–water partition coefficient (Wildman–Crippen LogP) is 3.35. The van der Waals surface area contributed by atoms with E-state index in [4.69, 9.17) is 0 Å². The molecular formula is C27H48O5. The number of hydrogen-bond donors (Lipinski definition) is 5. The summed E-state index contributed by atoms with van der Waals surface area (Å²) in [5, 5.41) is 53.4. The van der Waals surface area contributed by atoms with Gasteiger partial charge in [-0.05, 0) is 97.2 Å². The van der Waals surface area contributed by atoms with E-state index in [9.17, 15) is 25.5 Å². The SMILES string of the molecule is CC(CO)CCCC(C)C1C(O)C(O)C2C3CC(O)C4CC(O)CCC4(C)C3CCC12C. The Morgan fingerprint density at radius 1 is 0.844 bits per heavy atom. The first kappa shape index (κ1) is 24.9. The largest absolute Gasteiger partial charge is 0.396 e. The smallest absolute Gasteiger partial charge is 0.0838 e. The lowest BCUT2D eigenvalue weighted by molar-refractivity contribution is -0.181. The Kier molecular flexibility index (Phi) is 7.09. The van der Waals surface area contributed by atoms with E-state index in [1.54, 1.807) is 0 Å². The molecule has 186 valence electrons. The fraction of sp³-hybridized carbons (Fsp3) is 1.00. The van der Waals surface area contributed by atoms with E-state index in [1.165, 1.54) is 0 Å². The van der Waals surface area contributed by atoms with E-state index in [1.807, 2.05) is 0 Å². The summed E-state index contributed by atoms with van der Waals surface area (Å²) in [6, 6.07) is 0. The summed E-state index contributed by atoms with van der Waals surface area (Å²) in [7, 11) is 0. The fourth-order valence-corrected chi connectivity index (χ4v) is 9.45. The van der Waals surface area contributed by atoms with Crippen molar-refractivity contribution in [1.82, 2.24) is 0 Å². The summed E-state index contributed by atoms with van der Waals surface area (Å²) in [6.07, 6.45) is 6.14. The highest BCUT2D eigenvalue weighted by Gasteiger charge is 2.67. The van der Waals surface area contributed by atoms with Gasteiger partial charge in [-0.1, -0.05) is 40.5 Å². The second-order valence-corrected chi connectivity index (χ2v) is 12.9. The predicted molar refractivity (Wildman–Crippen MR) is 125 cm³/mol. The van der Waals surface area contributed by atoms with Crippen LogP contribution in [0.1, 0.15) is 85.5 Å². The molecule has 0 aliphatic heterocycles. The molecule has 0 aromatic heterocycles. The van der Waals surface area contributed by atoms with Crippen molar-refractivity contribution in [2.75, 3.05) is 6.61 Å². The molecule has 13 unspecified atom stereocenters. The van der Waals surface area contributed by atoms with Crippen molar-refractivity contribution in [2.24, 2.45) is 52.3 Å². The van der Waals surface area contributed by atoms with Crippen LogP contribution >= 0.6 is 0 Å². The van der Waals surface area contributed by atoms with Gasteiger partial charge in [0.1, 0.15) is 0 Å². The van der Waals surface area contributed by atoms with Crippen LogP contribution in [0.2, 0.25) is 0 Å². The Balaban J connectivity index is 1.55. The van der Waals surface area contributed by atoms with Crippen molar-refractivity contribution < 1.29 is 25.5 Å². The highest BCUT2D eigenvalue weighted by atomic mass is 16.3. The first-order valence-electron chi connectivity index (χ1n) is 13.4. The maximum absolute atomic E-state index is 11.4. The van der Waals surface area contributed by atoms with Crippen LogP contribution in [0.15, 0.2) is 0 Å². The normalized spacial score (nSPS) is 52.6. The molecule has 32 heavy (non-hydrogen) atoms. The Morgan fingerprint density at radius 2 is 1.53 bits per heavy atom. The molecule has 5 N–H and O–H groups in total. The van der Waals surface area contributed by atoms with E-state index in [0.29, 0.717) is 30.6 Å². The third-order valence-electron chi connectivity index (χ3n) is 11.1. The molecule has 0 aromatic carbocycles. The molecule has 0 bridgehead atoms. The lowest BCUT2D eigenvalue weighted by atomic mass is 9.43. The van der Waals surface area contributed by atoms with Crippen molar-refractivity contribution in [3.05, 3.63) is 0 Å². The van der Waals surface area contributed by atoms with Crippen LogP contribution in [0.25, 0.3) is 0 Å². The second-order valence-electron chi connectivity index (χ2n) is 12.9. The van der Waals surface area contributed by atoms with Crippen LogP contribution in [0, 0.1) is 52.3 Å². The number of hydrogen-bond acceptors (Lipinski definition) is 5. The van der Waals surface area contributed by atoms with E-state index >= 15 is 0 Å². The van der Waals surface area contributed by atoms with Crippen LogP contribution < -0.4 is 0 Å². The topological polar surface area (TPSA) is 101 Å². The van der Waals surface area contributed by atoms with Crippen LogP contribution in [0.4, 0.5) is 0 Å². The molecule has 4 saturated carbocycles. The zero-order valence-electron chi connectivity index (χ0n) is 20.7. The molecule has 0 radical (unpaired) electrons. The maximum Gasteiger partial charge on any atom is 0.0838 e. The fourth-order valence-electron chi connectivity index (χ4n) is 9.45. The minimum Gasteiger partial charge on any atom is -0.396 e. The van der Waals surface area contributed by atoms with Crippen LogP contribution in [0.5, 0.6) is 0 Å². The molecule has 0 spiro atoms. The molecule has 4 rings (SSSR count). The van der Waals surface area contributed by atoms with Gasteiger partial charge in [-0.25, -0.2) is 0 Å². The van der Waals surface area contributed by atoms with E-state index in [0.717, 1.165) is 44.9 Å². The van der Waals surface area contributed by atoms with Gasteiger partial charge in [-0.2, -0.15) is 0 Å². The highest BCUT2D eigenvalue weighted by Crippen LogP contribution is 2.68. The Morgan fingerprint density at radius 3 is 2.22 bits per heavy atom. The molecule has 13 atom stereocenters. The Hall–Kier alpha value is -0.200. The summed E-state index contributed by atoms with van der Waals surface area (Å²) >= 11 is 0. The molecule has 4 aliphatic rings. The third-order valence-corrected chi connectivity index (χ3v) is 11.1. The molecule has 5 nitrogen and oxygen atoms in total. The average molecular weight is 453 g/mol. The number of rotatable bonds is 6. The van der Waals surface area contributed by atoms with Gasteiger partial charge in [0.25, 0.3) is 0 Å². The summed E-state index contributed by atoms with van der Waals surface area (Å²) in [5.41, 5.74) is -0.100. The van der Waals surface area contributed by atoms with Gasteiger partial charge in [-0.3, -0.25) is 0 Å². The molecule has 0 aromatic rings.